The lowest BCUT2D eigenvalue weighted by atomic mass is 10.2. The van der Waals surface area contributed by atoms with E-state index in [1.165, 1.54) is 17.6 Å². The minimum Gasteiger partial charge on any atom is -0.366 e. The molecule has 0 N–H and O–H groups in total. The van der Waals surface area contributed by atoms with E-state index in [1.807, 2.05) is 17.9 Å². The molecule has 0 atom stereocenters. The fourth-order valence-electron chi connectivity index (χ4n) is 2.44. The van der Waals surface area contributed by atoms with E-state index in [-0.39, 0.29) is 11.7 Å². The number of hydrogen-bond donors (Lipinski definition) is 0. The van der Waals surface area contributed by atoms with Gasteiger partial charge in [0.05, 0.1) is 10.6 Å². The molecule has 110 valence electrons. The molecule has 1 aromatic carbocycles. The highest BCUT2D eigenvalue weighted by Crippen LogP contribution is 2.21. The lowest BCUT2D eigenvalue weighted by Crippen LogP contribution is -2.49. The number of anilines is 1. The Kier molecular flexibility index (Phi) is 3.83. The summed E-state index contributed by atoms with van der Waals surface area (Å²) in [6.45, 7) is 4.19. The van der Waals surface area contributed by atoms with Crippen molar-refractivity contribution in [1.29, 1.82) is 0 Å². The average molecular weight is 306 g/mol. The van der Waals surface area contributed by atoms with E-state index in [0.717, 1.165) is 4.88 Å². The Morgan fingerprint density at radius 1 is 1.24 bits per heavy atom. The van der Waals surface area contributed by atoms with E-state index in [2.05, 4.69) is 9.59 Å². The van der Waals surface area contributed by atoms with Crippen molar-refractivity contribution in [1.82, 2.24) is 14.5 Å². The van der Waals surface area contributed by atoms with Gasteiger partial charge in [-0.3, -0.25) is 4.79 Å². The van der Waals surface area contributed by atoms with Crippen LogP contribution in [-0.2, 0) is 0 Å². The van der Waals surface area contributed by atoms with Gasteiger partial charge in [-0.1, -0.05) is 16.6 Å². The molecule has 0 unspecified atom stereocenters. The number of halogens is 1. The van der Waals surface area contributed by atoms with Gasteiger partial charge in [0, 0.05) is 26.2 Å². The number of hydrogen-bond acceptors (Lipinski definition) is 5. The summed E-state index contributed by atoms with van der Waals surface area (Å²) in [5.74, 6) is -0.314. The molecule has 1 amide bonds. The van der Waals surface area contributed by atoms with Crippen LogP contribution in [0.2, 0.25) is 0 Å². The van der Waals surface area contributed by atoms with Gasteiger partial charge in [0.1, 0.15) is 5.82 Å². The van der Waals surface area contributed by atoms with Crippen molar-refractivity contribution in [3.05, 3.63) is 40.7 Å². The SMILES string of the molecule is Cc1snnc1C(=O)N1CCN(c2ccccc2F)CC1. The zero-order chi connectivity index (χ0) is 14.8. The Labute approximate surface area is 126 Å². The maximum atomic E-state index is 13.8. The Morgan fingerprint density at radius 3 is 2.57 bits per heavy atom. The largest absolute Gasteiger partial charge is 0.366 e. The van der Waals surface area contributed by atoms with Crippen LogP contribution in [0.3, 0.4) is 0 Å². The quantitative estimate of drug-likeness (QED) is 0.851. The van der Waals surface area contributed by atoms with Crippen LogP contribution in [0.5, 0.6) is 0 Å². The molecule has 1 saturated heterocycles. The summed E-state index contributed by atoms with van der Waals surface area (Å²) in [6.07, 6.45) is 0. The fourth-order valence-corrected chi connectivity index (χ4v) is 2.90. The maximum absolute atomic E-state index is 13.8. The number of nitrogens with zero attached hydrogens (tertiary/aromatic N) is 4. The zero-order valence-corrected chi connectivity index (χ0v) is 12.4. The number of benzene rings is 1. The van der Waals surface area contributed by atoms with Gasteiger partial charge in [0.2, 0.25) is 0 Å². The smallest absolute Gasteiger partial charge is 0.275 e. The summed E-state index contributed by atoms with van der Waals surface area (Å²) in [6, 6.07) is 6.72. The van der Waals surface area contributed by atoms with Crippen molar-refractivity contribution in [2.45, 2.75) is 6.92 Å². The lowest BCUT2D eigenvalue weighted by molar-refractivity contribution is 0.0740. The number of carbonyl (C=O) groups is 1. The lowest BCUT2D eigenvalue weighted by Gasteiger charge is -2.35. The highest BCUT2D eigenvalue weighted by molar-refractivity contribution is 7.05. The van der Waals surface area contributed by atoms with Gasteiger partial charge in [-0.2, -0.15) is 0 Å². The van der Waals surface area contributed by atoms with E-state index in [1.54, 1.807) is 17.0 Å². The van der Waals surface area contributed by atoms with E-state index >= 15 is 0 Å². The van der Waals surface area contributed by atoms with Crippen LogP contribution in [0.25, 0.3) is 0 Å². The van der Waals surface area contributed by atoms with Crippen LogP contribution in [-0.4, -0.2) is 46.6 Å². The van der Waals surface area contributed by atoms with Crippen molar-refractivity contribution >= 4 is 23.1 Å². The second-order valence-electron chi connectivity index (χ2n) is 4.91. The molecule has 0 radical (unpaired) electrons. The average Bonchev–Trinajstić information content (AvgIpc) is 2.93. The molecule has 1 aliphatic heterocycles. The standard InChI is InChI=1S/C14H15FN4OS/c1-10-13(16-17-21-10)14(20)19-8-6-18(7-9-19)12-5-3-2-4-11(12)15/h2-5H,6-9H2,1H3. The number of amides is 1. The maximum Gasteiger partial charge on any atom is 0.275 e. The van der Waals surface area contributed by atoms with Crippen LogP contribution in [0.15, 0.2) is 24.3 Å². The monoisotopic (exact) mass is 306 g/mol. The molecular weight excluding hydrogens is 291 g/mol. The molecule has 21 heavy (non-hydrogen) atoms. The van der Waals surface area contributed by atoms with Gasteiger partial charge in [0.25, 0.3) is 5.91 Å². The third-order valence-corrected chi connectivity index (χ3v) is 4.25. The fraction of sp³-hybridized carbons (Fsp3) is 0.357. The molecule has 2 aromatic rings. The molecule has 5 nitrogen and oxygen atoms in total. The summed E-state index contributed by atoms with van der Waals surface area (Å²) >= 11 is 1.23. The van der Waals surface area contributed by atoms with Crippen molar-refractivity contribution in [2.24, 2.45) is 0 Å². The summed E-state index contributed by atoms with van der Waals surface area (Å²) in [4.78, 5) is 16.9. The second-order valence-corrected chi connectivity index (χ2v) is 5.87. The topological polar surface area (TPSA) is 49.3 Å². The third kappa shape index (κ3) is 2.73. The van der Waals surface area contributed by atoms with Crippen molar-refractivity contribution in [3.8, 4) is 0 Å². The third-order valence-electron chi connectivity index (χ3n) is 3.61. The van der Waals surface area contributed by atoms with Crippen molar-refractivity contribution < 1.29 is 9.18 Å². The Balaban J connectivity index is 1.67. The van der Waals surface area contributed by atoms with Crippen LogP contribution in [0, 0.1) is 12.7 Å². The summed E-state index contributed by atoms with van der Waals surface area (Å²) in [7, 11) is 0. The molecular formula is C14H15FN4OS. The van der Waals surface area contributed by atoms with E-state index < -0.39 is 0 Å². The van der Waals surface area contributed by atoms with Crippen LogP contribution in [0.1, 0.15) is 15.4 Å². The number of piperazine rings is 1. The number of rotatable bonds is 2. The molecule has 0 bridgehead atoms. The zero-order valence-electron chi connectivity index (χ0n) is 11.6. The van der Waals surface area contributed by atoms with Crippen LogP contribution >= 0.6 is 11.5 Å². The predicted octanol–water partition coefficient (Wildman–Crippen LogP) is 1.95. The van der Waals surface area contributed by atoms with Gasteiger partial charge in [-0.25, -0.2) is 4.39 Å². The molecule has 1 fully saturated rings. The molecule has 1 aliphatic rings. The first kappa shape index (κ1) is 13.9. The molecule has 7 heteroatoms. The van der Waals surface area contributed by atoms with Gasteiger partial charge in [-0.05, 0) is 30.6 Å². The van der Waals surface area contributed by atoms with Gasteiger partial charge in [0.15, 0.2) is 5.69 Å². The highest BCUT2D eigenvalue weighted by Gasteiger charge is 2.26. The number of aryl methyl sites for hydroxylation is 1. The Morgan fingerprint density at radius 2 is 1.95 bits per heavy atom. The summed E-state index contributed by atoms with van der Waals surface area (Å²) < 4.78 is 17.6. The van der Waals surface area contributed by atoms with Crippen LogP contribution in [0.4, 0.5) is 10.1 Å². The van der Waals surface area contributed by atoms with Gasteiger partial charge >= 0.3 is 0 Å². The van der Waals surface area contributed by atoms with Gasteiger partial charge in [-0.15, -0.1) is 5.10 Å². The predicted molar refractivity (Wildman–Crippen MR) is 79.2 cm³/mol. The van der Waals surface area contributed by atoms with Crippen molar-refractivity contribution in [2.75, 3.05) is 31.1 Å². The Hall–Kier alpha value is -2.02. The number of aromatic nitrogens is 2. The first-order chi connectivity index (χ1) is 10.2. The van der Waals surface area contributed by atoms with E-state index in [4.69, 9.17) is 0 Å². The molecule has 0 spiro atoms. The number of carbonyl (C=O) groups excluding carboxylic acids is 1. The molecule has 0 aliphatic carbocycles. The summed E-state index contributed by atoms with van der Waals surface area (Å²) in [5.41, 5.74) is 1.02. The molecule has 0 saturated carbocycles. The minimum atomic E-state index is -0.225. The van der Waals surface area contributed by atoms with Crippen molar-refractivity contribution in [3.63, 3.8) is 0 Å². The van der Waals surface area contributed by atoms with E-state index in [9.17, 15) is 9.18 Å². The second kappa shape index (κ2) is 5.77. The number of para-hydroxylation sites is 1. The van der Waals surface area contributed by atoms with Crippen LogP contribution < -0.4 is 4.90 Å². The molecule has 1 aromatic heterocycles. The highest BCUT2D eigenvalue weighted by atomic mass is 32.1. The Bertz CT molecular complexity index is 652. The normalized spacial score (nSPS) is 15.3. The first-order valence-corrected chi connectivity index (χ1v) is 7.52. The first-order valence-electron chi connectivity index (χ1n) is 6.74. The van der Waals surface area contributed by atoms with Gasteiger partial charge < -0.3 is 9.80 Å². The molecule has 2 heterocycles. The summed E-state index contributed by atoms with van der Waals surface area (Å²) in [5, 5.41) is 3.89. The molecule has 3 rings (SSSR count). The minimum absolute atomic E-state index is 0.0885. The van der Waals surface area contributed by atoms with E-state index in [0.29, 0.717) is 37.6 Å².